The molecule has 0 atom stereocenters. The number of nitrogens with one attached hydrogen (secondary N) is 1. The lowest BCUT2D eigenvalue weighted by Crippen LogP contribution is -2.36. The minimum atomic E-state index is -0.708. The zero-order valence-electron chi connectivity index (χ0n) is 10.5. The molecule has 0 aliphatic heterocycles. The molecule has 0 amide bonds. The summed E-state index contributed by atoms with van der Waals surface area (Å²) in [7, 11) is 3.84. The van der Waals surface area contributed by atoms with Crippen molar-refractivity contribution >= 4 is 5.82 Å². The van der Waals surface area contributed by atoms with E-state index in [1.807, 2.05) is 37.3 Å². The van der Waals surface area contributed by atoms with Gasteiger partial charge in [-0.25, -0.2) is 4.98 Å². The lowest BCUT2D eigenvalue weighted by Gasteiger charge is -2.26. The van der Waals surface area contributed by atoms with E-state index in [0.717, 1.165) is 17.9 Å². The first kappa shape index (κ1) is 12.9. The third kappa shape index (κ3) is 4.16. The SMILES string of the molecule is CNCc1ccc(N(C)CC(C)(C)O)nc1. The summed E-state index contributed by atoms with van der Waals surface area (Å²) in [5.74, 6) is 0.877. The molecule has 16 heavy (non-hydrogen) atoms. The molecule has 0 saturated carbocycles. The number of hydrogen-bond donors (Lipinski definition) is 2. The van der Waals surface area contributed by atoms with Gasteiger partial charge in [-0.05, 0) is 32.5 Å². The minimum absolute atomic E-state index is 0.561. The van der Waals surface area contributed by atoms with E-state index in [-0.39, 0.29) is 0 Å². The third-order valence-electron chi connectivity index (χ3n) is 2.21. The molecule has 0 radical (unpaired) electrons. The maximum Gasteiger partial charge on any atom is 0.128 e. The summed E-state index contributed by atoms with van der Waals surface area (Å²) in [5, 5.41) is 12.8. The van der Waals surface area contributed by atoms with Gasteiger partial charge >= 0.3 is 0 Å². The molecule has 1 aromatic rings. The Kier molecular flexibility index (Phi) is 4.26. The molecule has 0 fully saturated rings. The van der Waals surface area contributed by atoms with Gasteiger partial charge < -0.3 is 15.3 Å². The van der Waals surface area contributed by atoms with Crippen LogP contribution in [0.4, 0.5) is 5.82 Å². The van der Waals surface area contributed by atoms with Crippen LogP contribution in [-0.2, 0) is 6.54 Å². The first-order valence-corrected chi connectivity index (χ1v) is 5.45. The second-order valence-electron chi connectivity index (χ2n) is 4.72. The zero-order chi connectivity index (χ0) is 12.2. The van der Waals surface area contributed by atoms with E-state index in [4.69, 9.17) is 0 Å². The number of hydrogen-bond acceptors (Lipinski definition) is 4. The molecular weight excluding hydrogens is 202 g/mol. The Bertz CT molecular complexity index is 316. The van der Waals surface area contributed by atoms with Gasteiger partial charge in [0.2, 0.25) is 0 Å². The Balaban J connectivity index is 2.66. The topological polar surface area (TPSA) is 48.4 Å². The van der Waals surface area contributed by atoms with Crippen LogP contribution in [0.1, 0.15) is 19.4 Å². The largest absolute Gasteiger partial charge is 0.389 e. The number of aromatic nitrogens is 1. The Morgan fingerprint density at radius 3 is 2.56 bits per heavy atom. The molecule has 90 valence electrons. The van der Waals surface area contributed by atoms with Gasteiger partial charge in [0.15, 0.2) is 0 Å². The lowest BCUT2D eigenvalue weighted by molar-refractivity contribution is 0.0884. The standard InChI is InChI=1S/C12H21N3O/c1-12(2,16)9-15(4)11-6-5-10(7-13-3)8-14-11/h5-6,8,13,16H,7,9H2,1-4H3. The summed E-state index contributed by atoms with van der Waals surface area (Å²) in [6.07, 6.45) is 1.85. The Hall–Kier alpha value is -1.13. The highest BCUT2D eigenvalue weighted by Gasteiger charge is 2.16. The monoisotopic (exact) mass is 223 g/mol. The van der Waals surface area contributed by atoms with Crippen LogP contribution >= 0.6 is 0 Å². The summed E-state index contributed by atoms with van der Waals surface area (Å²) in [5.41, 5.74) is 0.447. The number of likely N-dealkylation sites (N-methyl/N-ethyl adjacent to an activating group) is 1. The second-order valence-corrected chi connectivity index (χ2v) is 4.72. The molecule has 1 rings (SSSR count). The highest BCUT2D eigenvalue weighted by molar-refractivity contribution is 5.38. The fraction of sp³-hybridized carbons (Fsp3) is 0.583. The van der Waals surface area contributed by atoms with Gasteiger partial charge in [-0.2, -0.15) is 0 Å². The minimum Gasteiger partial charge on any atom is -0.389 e. The Morgan fingerprint density at radius 2 is 2.12 bits per heavy atom. The van der Waals surface area contributed by atoms with Crippen LogP contribution in [0, 0.1) is 0 Å². The number of aliphatic hydroxyl groups is 1. The van der Waals surface area contributed by atoms with Crippen molar-refractivity contribution in [2.75, 3.05) is 25.5 Å². The van der Waals surface area contributed by atoms with Gasteiger partial charge in [-0.1, -0.05) is 6.07 Å². The van der Waals surface area contributed by atoms with E-state index in [0.29, 0.717) is 6.54 Å². The van der Waals surface area contributed by atoms with Crippen molar-refractivity contribution in [2.45, 2.75) is 26.0 Å². The molecule has 0 unspecified atom stereocenters. The molecule has 4 nitrogen and oxygen atoms in total. The van der Waals surface area contributed by atoms with Crippen LogP contribution in [0.5, 0.6) is 0 Å². The van der Waals surface area contributed by atoms with Crippen molar-refractivity contribution in [3.05, 3.63) is 23.9 Å². The summed E-state index contributed by atoms with van der Waals surface area (Å²) >= 11 is 0. The summed E-state index contributed by atoms with van der Waals surface area (Å²) in [4.78, 5) is 6.30. The van der Waals surface area contributed by atoms with Crippen molar-refractivity contribution < 1.29 is 5.11 Å². The van der Waals surface area contributed by atoms with Crippen molar-refractivity contribution in [3.8, 4) is 0 Å². The normalized spacial score (nSPS) is 11.6. The van der Waals surface area contributed by atoms with Gasteiger partial charge in [0.05, 0.1) is 5.60 Å². The van der Waals surface area contributed by atoms with E-state index >= 15 is 0 Å². The lowest BCUT2D eigenvalue weighted by atomic mass is 10.1. The van der Waals surface area contributed by atoms with Crippen LogP contribution in [0.2, 0.25) is 0 Å². The molecule has 0 aromatic carbocycles. The van der Waals surface area contributed by atoms with E-state index in [1.165, 1.54) is 0 Å². The van der Waals surface area contributed by atoms with Gasteiger partial charge in [0, 0.05) is 26.3 Å². The fourth-order valence-corrected chi connectivity index (χ4v) is 1.61. The molecule has 0 aliphatic carbocycles. The predicted octanol–water partition coefficient (Wildman–Crippen LogP) is 1.01. The molecule has 1 heterocycles. The maximum absolute atomic E-state index is 9.71. The summed E-state index contributed by atoms with van der Waals surface area (Å²) in [6, 6.07) is 4.01. The van der Waals surface area contributed by atoms with Crippen molar-refractivity contribution in [1.29, 1.82) is 0 Å². The van der Waals surface area contributed by atoms with E-state index in [2.05, 4.69) is 10.3 Å². The first-order chi connectivity index (χ1) is 7.42. The molecule has 2 N–H and O–H groups in total. The summed E-state index contributed by atoms with van der Waals surface area (Å²) in [6.45, 7) is 4.96. The number of rotatable bonds is 5. The molecular formula is C12H21N3O. The number of pyridine rings is 1. The Morgan fingerprint density at radius 1 is 1.44 bits per heavy atom. The molecule has 0 bridgehead atoms. The first-order valence-electron chi connectivity index (χ1n) is 5.45. The van der Waals surface area contributed by atoms with Gasteiger partial charge in [-0.15, -0.1) is 0 Å². The van der Waals surface area contributed by atoms with Crippen molar-refractivity contribution in [3.63, 3.8) is 0 Å². The van der Waals surface area contributed by atoms with Crippen LogP contribution in [0.15, 0.2) is 18.3 Å². The summed E-state index contributed by atoms with van der Waals surface area (Å²) < 4.78 is 0. The smallest absolute Gasteiger partial charge is 0.128 e. The average molecular weight is 223 g/mol. The van der Waals surface area contributed by atoms with Crippen LogP contribution in [-0.4, -0.2) is 36.3 Å². The van der Waals surface area contributed by atoms with Gasteiger partial charge in [0.1, 0.15) is 5.82 Å². The van der Waals surface area contributed by atoms with Crippen LogP contribution in [0.25, 0.3) is 0 Å². The van der Waals surface area contributed by atoms with E-state index in [9.17, 15) is 5.11 Å². The second kappa shape index (κ2) is 5.27. The van der Waals surface area contributed by atoms with E-state index < -0.39 is 5.60 Å². The van der Waals surface area contributed by atoms with E-state index in [1.54, 1.807) is 13.8 Å². The molecule has 0 spiro atoms. The van der Waals surface area contributed by atoms with Crippen LogP contribution < -0.4 is 10.2 Å². The molecule has 0 aliphatic rings. The van der Waals surface area contributed by atoms with Crippen molar-refractivity contribution in [2.24, 2.45) is 0 Å². The van der Waals surface area contributed by atoms with Crippen molar-refractivity contribution in [1.82, 2.24) is 10.3 Å². The van der Waals surface area contributed by atoms with Gasteiger partial charge in [-0.3, -0.25) is 0 Å². The maximum atomic E-state index is 9.71. The van der Waals surface area contributed by atoms with Gasteiger partial charge in [0.25, 0.3) is 0 Å². The predicted molar refractivity (Wildman–Crippen MR) is 66.6 cm³/mol. The molecule has 4 heteroatoms. The number of nitrogens with zero attached hydrogens (tertiary/aromatic N) is 2. The zero-order valence-corrected chi connectivity index (χ0v) is 10.5. The third-order valence-corrected chi connectivity index (χ3v) is 2.21. The molecule has 1 aromatic heterocycles. The van der Waals surface area contributed by atoms with Crippen LogP contribution in [0.3, 0.4) is 0 Å². The molecule has 0 saturated heterocycles. The number of anilines is 1. The average Bonchev–Trinajstić information content (AvgIpc) is 2.16. The highest BCUT2D eigenvalue weighted by atomic mass is 16.3. The highest BCUT2D eigenvalue weighted by Crippen LogP contribution is 2.13. The fourth-order valence-electron chi connectivity index (χ4n) is 1.61. The quantitative estimate of drug-likeness (QED) is 0.782. The Labute approximate surface area is 97.3 Å².